The molecule has 144 valence electrons. The van der Waals surface area contributed by atoms with Crippen molar-refractivity contribution in [1.29, 1.82) is 0 Å². The number of amides is 2. The highest BCUT2D eigenvalue weighted by Crippen LogP contribution is 2.22. The second-order valence-corrected chi connectivity index (χ2v) is 8.19. The minimum Gasteiger partial charge on any atom is -0.507 e. The molecule has 1 aliphatic rings. The zero-order valence-electron chi connectivity index (χ0n) is 14.7. The van der Waals surface area contributed by atoms with E-state index in [1.165, 1.54) is 38.2 Å². The average molecular weight is 392 g/mol. The number of phenols is 1. The lowest BCUT2D eigenvalue weighted by atomic mass is 10.1. The number of phenolic OH excluding ortho intramolecular Hbond substituents is 1. The summed E-state index contributed by atoms with van der Waals surface area (Å²) in [5.74, 6) is -1.17. The van der Waals surface area contributed by atoms with Crippen molar-refractivity contribution in [3.05, 3.63) is 47.8 Å². The highest BCUT2D eigenvalue weighted by Gasteiger charge is 2.32. The van der Waals surface area contributed by atoms with Crippen LogP contribution in [0.4, 0.5) is 0 Å². The summed E-state index contributed by atoms with van der Waals surface area (Å²) in [5, 5.41) is 9.82. The van der Waals surface area contributed by atoms with E-state index in [9.17, 15) is 23.1 Å². The van der Waals surface area contributed by atoms with Crippen LogP contribution in [0.3, 0.4) is 0 Å². The van der Waals surface area contributed by atoms with Crippen LogP contribution in [0.15, 0.2) is 41.4 Å². The summed E-state index contributed by atoms with van der Waals surface area (Å²) >= 11 is 0. The van der Waals surface area contributed by atoms with Gasteiger partial charge in [-0.25, -0.2) is 8.42 Å². The number of aromatic hydroxyl groups is 1. The van der Waals surface area contributed by atoms with Crippen molar-refractivity contribution in [2.75, 3.05) is 26.2 Å². The summed E-state index contributed by atoms with van der Waals surface area (Å²) in [4.78, 5) is 25.3. The molecule has 0 aliphatic carbocycles. The van der Waals surface area contributed by atoms with E-state index in [1.807, 2.05) is 0 Å². The number of rotatable bonds is 4. The molecule has 0 atom stereocenters. The van der Waals surface area contributed by atoms with Crippen LogP contribution < -0.4 is 5.73 Å². The van der Waals surface area contributed by atoms with Crippen molar-refractivity contribution in [3.63, 3.8) is 0 Å². The second-order valence-electron chi connectivity index (χ2n) is 6.25. The van der Waals surface area contributed by atoms with Crippen LogP contribution in [0.1, 0.15) is 20.8 Å². The number of aryl methyl sites for hydroxylation is 1. The van der Waals surface area contributed by atoms with E-state index in [2.05, 4.69) is 0 Å². The van der Waals surface area contributed by atoms with Crippen molar-refractivity contribution in [3.8, 4) is 5.75 Å². The van der Waals surface area contributed by atoms with Crippen LogP contribution in [-0.2, 0) is 17.1 Å². The summed E-state index contributed by atoms with van der Waals surface area (Å²) in [6.07, 6.45) is 1.34. The number of hydrogen-bond acceptors (Lipinski definition) is 5. The first kappa shape index (κ1) is 18.9. The number of piperazine rings is 1. The molecule has 27 heavy (non-hydrogen) atoms. The molecule has 1 aromatic carbocycles. The third-order valence-electron chi connectivity index (χ3n) is 4.53. The highest BCUT2D eigenvalue weighted by atomic mass is 32.2. The molecule has 3 rings (SSSR count). The first-order chi connectivity index (χ1) is 12.7. The van der Waals surface area contributed by atoms with Gasteiger partial charge in [0.25, 0.3) is 11.8 Å². The quantitative estimate of drug-likeness (QED) is 0.756. The lowest BCUT2D eigenvalue weighted by Crippen LogP contribution is -2.50. The van der Waals surface area contributed by atoms with Gasteiger partial charge in [-0.15, -0.1) is 0 Å². The maximum atomic E-state index is 12.8. The van der Waals surface area contributed by atoms with Gasteiger partial charge in [-0.2, -0.15) is 4.31 Å². The summed E-state index contributed by atoms with van der Waals surface area (Å²) < 4.78 is 28.2. The maximum absolute atomic E-state index is 12.8. The van der Waals surface area contributed by atoms with Crippen LogP contribution in [0.5, 0.6) is 5.75 Å². The van der Waals surface area contributed by atoms with Crippen LogP contribution >= 0.6 is 0 Å². The summed E-state index contributed by atoms with van der Waals surface area (Å²) in [6, 6.07) is 7.48. The van der Waals surface area contributed by atoms with Crippen LogP contribution in [0.25, 0.3) is 0 Å². The Bertz CT molecular complexity index is 991. The van der Waals surface area contributed by atoms with E-state index < -0.39 is 15.9 Å². The number of sulfonamides is 1. The number of carbonyl (C=O) groups excluding carboxylic acids is 2. The van der Waals surface area contributed by atoms with Gasteiger partial charge in [0, 0.05) is 39.4 Å². The SMILES string of the molecule is Cn1cc(S(=O)(=O)N2CCN(C(=O)c3ccccc3O)CC2)cc1C(N)=O. The molecule has 2 amide bonds. The molecule has 0 saturated carbocycles. The fourth-order valence-electron chi connectivity index (χ4n) is 3.03. The molecule has 0 spiro atoms. The normalized spacial score (nSPS) is 15.7. The molecule has 2 aromatic rings. The first-order valence-corrected chi connectivity index (χ1v) is 9.69. The number of para-hydroxylation sites is 1. The molecule has 0 bridgehead atoms. The molecule has 0 radical (unpaired) electrons. The van der Waals surface area contributed by atoms with Crippen molar-refractivity contribution in [2.45, 2.75) is 4.90 Å². The third-order valence-corrected chi connectivity index (χ3v) is 6.39. The number of carbonyl (C=O) groups is 2. The molecule has 9 nitrogen and oxygen atoms in total. The number of nitrogens with two attached hydrogens (primary N) is 1. The highest BCUT2D eigenvalue weighted by molar-refractivity contribution is 7.89. The molecule has 1 fully saturated rings. The van der Waals surface area contributed by atoms with Gasteiger partial charge in [-0.1, -0.05) is 12.1 Å². The van der Waals surface area contributed by atoms with Gasteiger partial charge in [0.15, 0.2) is 0 Å². The molecular formula is C17H20N4O5S. The van der Waals surface area contributed by atoms with Crippen molar-refractivity contribution < 1.29 is 23.1 Å². The number of aromatic nitrogens is 1. The van der Waals surface area contributed by atoms with Crippen molar-refractivity contribution in [2.24, 2.45) is 12.8 Å². The molecule has 2 heterocycles. The van der Waals surface area contributed by atoms with Gasteiger partial charge < -0.3 is 20.3 Å². The fourth-order valence-corrected chi connectivity index (χ4v) is 4.52. The van der Waals surface area contributed by atoms with E-state index in [-0.39, 0.29) is 54.0 Å². The molecule has 1 aromatic heterocycles. The Morgan fingerprint density at radius 1 is 1.11 bits per heavy atom. The third kappa shape index (κ3) is 3.53. The molecule has 1 saturated heterocycles. The minimum absolute atomic E-state index is 0.0146. The fraction of sp³-hybridized carbons (Fsp3) is 0.294. The largest absolute Gasteiger partial charge is 0.507 e. The predicted molar refractivity (Wildman–Crippen MR) is 96.7 cm³/mol. The lowest BCUT2D eigenvalue weighted by Gasteiger charge is -2.33. The summed E-state index contributed by atoms with van der Waals surface area (Å²) in [5.41, 5.74) is 5.52. The van der Waals surface area contributed by atoms with E-state index >= 15 is 0 Å². The molecule has 10 heteroatoms. The Morgan fingerprint density at radius 3 is 2.30 bits per heavy atom. The van der Waals surface area contributed by atoms with Crippen molar-refractivity contribution in [1.82, 2.24) is 13.8 Å². The predicted octanol–water partition coefficient (Wildman–Crippen LogP) is -0.0237. The second kappa shape index (κ2) is 7.05. The van der Waals surface area contributed by atoms with Gasteiger partial charge in [0.2, 0.25) is 10.0 Å². The number of hydrogen-bond donors (Lipinski definition) is 2. The Morgan fingerprint density at radius 2 is 1.74 bits per heavy atom. The van der Waals surface area contributed by atoms with Gasteiger partial charge in [-0.05, 0) is 18.2 Å². The van der Waals surface area contributed by atoms with Crippen LogP contribution in [0, 0.1) is 0 Å². The van der Waals surface area contributed by atoms with E-state index in [0.29, 0.717) is 0 Å². The van der Waals surface area contributed by atoms with Gasteiger partial charge in [-0.3, -0.25) is 9.59 Å². The Hall–Kier alpha value is -2.85. The molecule has 1 aliphatic heterocycles. The van der Waals surface area contributed by atoms with Crippen LogP contribution in [-0.4, -0.2) is 65.3 Å². The number of benzene rings is 1. The van der Waals surface area contributed by atoms with Crippen LogP contribution in [0.2, 0.25) is 0 Å². The number of nitrogens with zero attached hydrogens (tertiary/aromatic N) is 3. The molecular weight excluding hydrogens is 372 g/mol. The standard InChI is InChI=1S/C17H20N4O5S/c1-19-11-12(10-14(19)16(18)23)27(25,26)21-8-6-20(7-9-21)17(24)13-4-2-3-5-15(13)22/h2-5,10-11,22H,6-9H2,1H3,(H2,18,23). The van der Waals surface area contributed by atoms with Gasteiger partial charge in [0.1, 0.15) is 16.3 Å². The maximum Gasteiger partial charge on any atom is 0.265 e. The summed E-state index contributed by atoms with van der Waals surface area (Å²) in [6.45, 7) is 0.620. The molecule has 0 unspecified atom stereocenters. The summed E-state index contributed by atoms with van der Waals surface area (Å²) in [7, 11) is -2.26. The van der Waals surface area contributed by atoms with E-state index in [1.54, 1.807) is 19.2 Å². The van der Waals surface area contributed by atoms with Crippen molar-refractivity contribution >= 4 is 21.8 Å². The lowest BCUT2D eigenvalue weighted by molar-refractivity contribution is 0.0694. The Labute approximate surface area is 156 Å². The Balaban J connectivity index is 1.73. The Kier molecular flexibility index (Phi) is 4.94. The minimum atomic E-state index is -3.80. The number of primary amides is 1. The zero-order chi connectivity index (χ0) is 19.8. The van der Waals surface area contributed by atoms with E-state index in [0.717, 1.165) is 0 Å². The van der Waals surface area contributed by atoms with Gasteiger partial charge in [0.05, 0.1) is 5.56 Å². The van der Waals surface area contributed by atoms with E-state index in [4.69, 9.17) is 5.73 Å². The smallest absolute Gasteiger partial charge is 0.265 e. The monoisotopic (exact) mass is 392 g/mol. The zero-order valence-corrected chi connectivity index (χ0v) is 15.5. The topological polar surface area (TPSA) is 126 Å². The van der Waals surface area contributed by atoms with Gasteiger partial charge >= 0.3 is 0 Å². The molecule has 3 N–H and O–H groups in total. The first-order valence-electron chi connectivity index (χ1n) is 8.25. The average Bonchev–Trinajstić information content (AvgIpc) is 3.04.